The van der Waals surface area contributed by atoms with Gasteiger partial charge in [-0.15, -0.1) is 0 Å². The minimum atomic E-state index is -0.222. The van der Waals surface area contributed by atoms with Gasteiger partial charge in [0.05, 0.1) is 0 Å². The smallest absolute Gasteiger partial charge is 0.250 e. The van der Waals surface area contributed by atoms with Gasteiger partial charge in [0.15, 0.2) is 0 Å². The molecule has 0 fully saturated rings. The average Bonchev–Trinajstić information content (AvgIpc) is 2.48. The first-order chi connectivity index (χ1) is 6.24. The zero-order valence-electron chi connectivity index (χ0n) is 7.40. The second kappa shape index (κ2) is 4.42. The molecule has 1 amide bonds. The second-order valence-electron chi connectivity index (χ2n) is 2.49. The zero-order chi connectivity index (χ0) is 9.68. The Labute approximate surface area is 76.3 Å². The summed E-state index contributed by atoms with van der Waals surface area (Å²) in [5.74, 6) is 0.298. The summed E-state index contributed by atoms with van der Waals surface area (Å²) in [7, 11) is 1.80. The van der Waals surface area contributed by atoms with E-state index in [9.17, 15) is 4.79 Å². The number of nitrogens with one attached hydrogen (secondary N) is 1. The van der Waals surface area contributed by atoms with E-state index in [0.29, 0.717) is 12.5 Å². The van der Waals surface area contributed by atoms with Crippen LogP contribution in [0.15, 0.2) is 24.5 Å². The molecule has 1 aromatic heterocycles. The molecule has 13 heavy (non-hydrogen) atoms. The predicted octanol–water partition coefficient (Wildman–Crippen LogP) is -0.127. The first-order valence-electron chi connectivity index (χ1n) is 3.89. The Balaban J connectivity index is 2.55. The van der Waals surface area contributed by atoms with Crippen LogP contribution in [0.25, 0.3) is 0 Å². The molecular formula is C8H12N4O. The fraction of sp³-hybridized carbons (Fsp3) is 0.250. The fourth-order valence-corrected chi connectivity index (χ4v) is 0.813. The van der Waals surface area contributed by atoms with Gasteiger partial charge in [0.25, 0.3) is 0 Å². The van der Waals surface area contributed by atoms with Crippen LogP contribution < -0.4 is 11.1 Å². The van der Waals surface area contributed by atoms with E-state index in [-0.39, 0.29) is 5.91 Å². The predicted molar refractivity (Wildman–Crippen MR) is 50.0 cm³/mol. The summed E-state index contributed by atoms with van der Waals surface area (Å²) >= 11 is 0. The standard InChI is InChI=1S/C8H12N4O/c1-12-6-5-10-8(12)11-7(13)3-2-4-9/h2-3,5-6H,4,9H2,1H3,(H,10,11,13)/b3-2+. The molecule has 0 bridgehead atoms. The van der Waals surface area contributed by atoms with Crippen LogP contribution in [0.2, 0.25) is 0 Å². The molecule has 0 aromatic carbocycles. The SMILES string of the molecule is Cn1ccnc1NC(=O)/C=C/CN. The number of anilines is 1. The maximum atomic E-state index is 11.1. The highest BCUT2D eigenvalue weighted by Gasteiger charge is 2.00. The minimum absolute atomic E-state index is 0.222. The number of hydrogen-bond acceptors (Lipinski definition) is 3. The third-order valence-electron chi connectivity index (χ3n) is 1.46. The molecule has 3 N–H and O–H groups in total. The van der Waals surface area contributed by atoms with Crippen molar-refractivity contribution >= 4 is 11.9 Å². The number of nitrogens with two attached hydrogens (primary N) is 1. The lowest BCUT2D eigenvalue weighted by atomic mass is 10.5. The van der Waals surface area contributed by atoms with Crippen LogP contribution in [0.5, 0.6) is 0 Å². The van der Waals surface area contributed by atoms with Gasteiger partial charge in [-0.25, -0.2) is 4.98 Å². The Morgan fingerprint density at radius 2 is 2.62 bits per heavy atom. The van der Waals surface area contributed by atoms with Crippen molar-refractivity contribution in [3.05, 3.63) is 24.5 Å². The minimum Gasteiger partial charge on any atom is -0.327 e. The van der Waals surface area contributed by atoms with E-state index in [1.165, 1.54) is 6.08 Å². The van der Waals surface area contributed by atoms with E-state index in [1.807, 2.05) is 0 Å². The van der Waals surface area contributed by atoms with Crippen molar-refractivity contribution in [2.75, 3.05) is 11.9 Å². The Kier molecular flexibility index (Phi) is 3.22. The molecule has 0 saturated carbocycles. The van der Waals surface area contributed by atoms with Gasteiger partial charge >= 0.3 is 0 Å². The van der Waals surface area contributed by atoms with E-state index in [4.69, 9.17) is 5.73 Å². The highest BCUT2D eigenvalue weighted by Crippen LogP contribution is 1.99. The summed E-state index contributed by atoms with van der Waals surface area (Å²) in [5, 5.41) is 2.60. The molecule has 1 aromatic rings. The zero-order valence-corrected chi connectivity index (χ0v) is 7.40. The number of carbonyl (C=O) groups is 1. The van der Waals surface area contributed by atoms with Crippen LogP contribution in [0.1, 0.15) is 0 Å². The Morgan fingerprint density at radius 3 is 3.15 bits per heavy atom. The molecule has 70 valence electrons. The molecule has 0 radical (unpaired) electrons. The normalized spacial score (nSPS) is 10.6. The van der Waals surface area contributed by atoms with E-state index in [1.54, 1.807) is 30.1 Å². The quantitative estimate of drug-likeness (QED) is 0.636. The fourth-order valence-electron chi connectivity index (χ4n) is 0.813. The number of nitrogens with zero attached hydrogens (tertiary/aromatic N) is 2. The van der Waals surface area contributed by atoms with Crippen LogP contribution in [-0.2, 0) is 11.8 Å². The van der Waals surface area contributed by atoms with Gasteiger partial charge < -0.3 is 10.3 Å². The number of hydrogen-bond donors (Lipinski definition) is 2. The molecule has 1 rings (SSSR count). The van der Waals surface area contributed by atoms with Crippen molar-refractivity contribution in [2.24, 2.45) is 12.8 Å². The Morgan fingerprint density at radius 1 is 1.85 bits per heavy atom. The summed E-state index contributed by atoms with van der Waals surface area (Å²) in [6, 6.07) is 0. The highest BCUT2D eigenvalue weighted by molar-refractivity contribution is 5.98. The van der Waals surface area contributed by atoms with Crippen LogP contribution in [0, 0.1) is 0 Å². The summed E-state index contributed by atoms with van der Waals surface area (Å²) in [6.45, 7) is 0.355. The number of amides is 1. The van der Waals surface area contributed by atoms with Crippen molar-refractivity contribution in [3.8, 4) is 0 Å². The third-order valence-corrected chi connectivity index (χ3v) is 1.46. The van der Waals surface area contributed by atoms with E-state index >= 15 is 0 Å². The van der Waals surface area contributed by atoms with Gasteiger partial charge in [-0.2, -0.15) is 0 Å². The van der Waals surface area contributed by atoms with Crippen LogP contribution in [0.3, 0.4) is 0 Å². The molecule has 0 aliphatic heterocycles. The van der Waals surface area contributed by atoms with Crippen molar-refractivity contribution in [1.82, 2.24) is 9.55 Å². The molecule has 5 heteroatoms. The summed E-state index contributed by atoms with van der Waals surface area (Å²) < 4.78 is 1.72. The third kappa shape index (κ3) is 2.72. The van der Waals surface area contributed by atoms with Crippen molar-refractivity contribution in [2.45, 2.75) is 0 Å². The van der Waals surface area contributed by atoms with Gasteiger partial charge in [-0.05, 0) is 0 Å². The molecule has 5 nitrogen and oxygen atoms in total. The van der Waals surface area contributed by atoms with Crippen LogP contribution in [0.4, 0.5) is 5.95 Å². The Hall–Kier alpha value is -1.62. The maximum absolute atomic E-state index is 11.1. The second-order valence-corrected chi connectivity index (χ2v) is 2.49. The van der Waals surface area contributed by atoms with Gasteiger partial charge in [-0.3, -0.25) is 10.1 Å². The lowest BCUT2D eigenvalue weighted by Crippen LogP contribution is -2.12. The number of rotatable bonds is 3. The molecule has 0 unspecified atom stereocenters. The molecule has 0 saturated heterocycles. The van der Waals surface area contributed by atoms with Crippen molar-refractivity contribution in [3.63, 3.8) is 0 Å². The molecule has 1 heterocycles. The van der Waals surface area contributed by atoms with E-state index in [0.717, 1.165) is 0 Å². The van der Waals surface area contributed by atoms with E-state index < -0.39 is 0 Å². The van der Waals surface area contributed by atoms with Crippen LogP contribution in [-0.4, -0.2) is 22.0 Å². The summed E-state index contributed by atoms with van der Waals surface area (Å²) in [6.07, 6.45) is 6.33. The number of aryl methyl sites for hydroxylation is 1. The average molecular weight is 180 g/mol. The molecule has 0 aliphatic rings. The number of carbonyl (C=O) groups excluding carboxylic acids is 1. The highest BCUT2D eigenvalue weighted by atomic mass is 16.1. The summed E-state index contributed by atoms with van der Waals surface area (Å²) in [4.78, 5) is 15.0. The molecule has 0 spiro atoms. The number of imidazole rings is 1. The van der Waals surface area contributed by atoms with Gasteiger partial charge in [0.1, 0.15) is 0 Å². The van der Waals surface area contributed by atoms with Crippen LogP contribution >= 0.6 is 0 Å². The molecule has 0 aliphatic carbocycles. The number of aromatic nitrogens is 2. The summed E-state index contributed by atoms with van der Waals surface area (Å²) in [5.41, 5.74) is 5.19. The van der Waals surface area contributed by atoms with E-state index in [2.05, 4.69) is 10.3 Å². The van der Waals surface area contributed by atoms with Crippen molar-refractivity contribution < 1.29 is 4.79 Å². The topological polar surface area (TPSA) is 72.9 Å². The van der Waals surface area contributed by atoms with Crippen molar-refractivity contribution in [1.29, 1.82) is 0 Å². The van der Waals surface area contributed by atoms with Gasteiger partial charge in [0, 0.05) is 32.1 Å². The molecule has 0 atom stereocenters. The van der Waals surface area contributed by atoms with Gasteiger partial charge in [0.2, 0.25) is 11.9 Å². The first-order valence-corrected chi connectivity index (χ1v) is 3.89. The lowest BCUT2D eigenvalue weighted by molar-refractivity contribution is -0.112. The Bertz CT molecular complexity index is 316. The molecular weight excluding hydrogens is 168 g/mol. The monoisotopic (exact) mass is 180 g/mol. The largest absolute Gasteiger partial charge is 0.327 e. The van der Waals surface area contributed by atoms with Gasteiger partial charge in [-0.1, -0.05) is 6.08 Å². The first kappa shape index (κ1) is 9.47. The lowest BCUT2D eigenvalue weighted by Gasteiger charge is -2.00. The maximum Gasteiger partial charge on any atom is 0.250 e.